The molecule has 0 radical (unpaired) electrons. The van der Waals surface area contributed by atoms with Crippen molar-refractivity contribution in [3.05, 3.63) is 0 Å². The molecule has 0 bridgehead atoms. The molecule has 1 rings (SSSR count). The number of nitrogens with zero attached hydrogens (tertiary/aromatic N) is 1. The fourth-order valence-corrected chi connectivity index (χ4v) is 1.28. The molecule has 0 aromatic rings. The van der Waals surface area contributed by atoms with Gasteiger partial charge in [-0.2, -0.15) is 0 Å². The smallest absolute Gasteiger partial charge is 0.323 e. The number of likely N-dealkylation sites (tertiary alicyclic amines) is 1. The molecule has 0 saturated carbocycles. The Kier molecular flexibility index (Phi) is 1.92. The highest BCUT2D eigenvalue weighted by molar-refractivity contribution is 5.74. The number of carboxylic acids is 1. The molecule has 1 saturated heterocycles. The quantitative estimate of drug-likeness (QED) is 0.504. The van der Waals surface area contributed by atoms with Crippen LogP contribution in [0.25, 0.3) is 0 Å². The van der Waals surface area contributed by atoms with E-state index in [-0.39, 0.29) is 0 Å². The number of hydrogen-bond donors (Lipinski definition) is 2. The van der Waals surface area contributed by atoms with Crippen LogP contribution >= 0.6 is 0 Å². The summed E-state index contributed by atoms with van der Waals surface area (Å²) in [5.41, 5.74) is 0. The van der Waals surface area contributed by atoms with Crippen LogP contribution in [0.5, 0.6) is 0 Å². The van der Waals surface area contributed by atoms with Gasteiger partial charge in [0.15, 0.2) is 0 Å². The van der Waals surface area contributed by atoms with E-state index >= 15 is 0 Å². The predicted octanol–water partition coefficient (Wildman–Crippen LogP) is -0.864. The lowest BCUT2D eigenvalue weighted by Gasteiger charge is -2.16. The molecule has 1 aliphatic heterocycles. The van der Waals surface area contributed by atoms with Gasteiger partial charge in [0, 0.05) is 6.54 Å². The molecule has 4 heteroatoms. The van der Waals surface area contributed by atoms with Gasteiger partial charge in [0.05, 0.1) is 6.10 Å². The molecule has 0 aromatic carbocycles. The Morgan fingerprint density at radius 3 is 2.50 bits per heavy atom. The summed E-state index contributed by atoms with van der Waals surface area (Å²) in [4.78, 5) is 12.1. The fourth-order valence-electron chi connectivity index (χ4n) is 1.28. The van der Waals surface area contributed by atoms with Crippen LogP contribution < -0.4 is 0 Å². The zero-order chi connectivity index (χ0) is 7.72. The predicted molar refractivity (Wildman–Crippen MR) is 34.7 cm³/mol. The van der Waals surface area contributed by atoms with Crippen molar-refractivity contribution >= 4 is 5.97 Å². The number of aliphatic hydroxyl groups is 1. The zero-order valence-corrected chi connectivity index (χ0v) is 5.82. The Labute approximate surface area is 59.1 Å². The van der Waals surface area contributed by atoms with Crippen LogP contribution in [-0.4, -0.2) is 46.8 Å². The lowest BCUT2D eigenvalue weighted by molar-refractivity contribution is -0.144. The van der Waals surface area contributed by atoms with Gasteiger partial charge in [-0.05, 0) is 13.5 Å². The first-order valence-corrected chi connectivity index (χ1v) is 3.24. The van der Waals surface area contributed by atoms with Crippen LogP contribution in [0.3, 0.4) is 0 Å². The van der Waals surface area contributed by atoms with E-state index < -0.39 is 18.1 Å². The third kappa shape index (κ3) is 1.12. The van der Waals surface area contributed by atoms with E-state index in [1.807, 2.05) is 0 Å². The normalized spacial score (nSPS) is 34.6. The molecule has 2 atom stereocenters. The van der Waals surface area contributed by atoms with Crippen LogP contribution in [0.2, 0.25) is 0 Å². The molecule has 58 valence electrons. The van der Waals surface area contributed by atoms with Crippen LogP contribution in [0.4, 0.5) is 0 Å². The summed E-state index contributed by atoms with van der Waals surface area (Å²) in [5.74, 6) is -0.937. The SMILES string of the molecule is CN1CCC(O)C1C(=O)O. The second-order valence-corrected chi connectivity index (χ2v) is 2.62. The molecule has 1 fully saturated rings. The van der Waals surface area contributed by atoms with Crippen molar-refractivity contribution in [1.29, 1.82) is 0 Å². The summed E-state index contributed by atoms with van der Waals surface area (Å²) in [6.45, 7) is 0.665. The van der Waals surface area contributed by atoms with E-state index in [0.717, 1.165) is 0 Å². The molecule has 0 aromatic heterocycles. The minimum atomic E-state index is -0.937. The van der Waals surface area contributed by atoms with Gasteiger partial charge in [-0.25, -0.2) is 0 Å². The van der Waals surface area contributed by atoms with Crippen LogP contribution in [0, 0.1) is 0 Å². The molecule has 4 nitrogen and oxygen atoms in total. The molecule has 1 heterocycles. The third-order valence-corrected chi connectivity index (χ3v) is 1.87. The fraction of sp³-hybridized carbons (Fsp3) is 0.833. The minimum Gasteiger partial charge on any atom is -0.480 e. The van der Waals surface area contributed by atoms with Gasteiger partial charge in [-0.1, -0.05) is 0 Å². The standard InChI is InChI=1S/C6H11NO3/c1-7-3-2-4(8)5(7)6(9)10/h4-5,8H,2-3H2,1H3,(H,9,10). The number of aliphatic carboxylic acids is 1. The highest BCUT2D eigenvalue weighted by Crippen LogP contribution is 2.15. The molecule has 10 heavy (non-hydrogen) atoms. The van der Waals surface area contributed by atoms with Crippen molar-refractivity contribution in [2.45, 2.75) is 18.6 Å². The Morgan fingerprint density at radius 2 is 2.30 bits per heavy atom. The molecular weight excluding hydrogens is 134 g/mol. The Morgan fingerprint density at radius 1 is 1.70 bits per heavy atom. The number of rotatable bonds is 1. The molecule has 0 amide bonds. The Hall–Kier alpha value is -0.610. The highest BCUT2D eigenvalue weighted by Gasteiger charge is 2.35. The molecule has 0 spiro atoms. The van der Waals surface area contributed by atoms with Gasteiger partial charge in [-0.15, -0.1) is 0 Å². The average molecular weight is 145 g/mol. The van der Waals surface area contributed by atoms with Gasteiger partial charge >= 0.3 is 5.97 Å². The summed E-state index contributed by atoms with van der Waals surface area (Å²) in [5, 5.41) is 17.7. The second kappa shape index (κ2) is 2.56. The molecule has 2 unspecified atom stereocenters. The summed E-state index contributed by atoms with van der Waals surface area (Å²) in [7, 11) is 1.70. The van der Waals surface area contributed by atoms with Crippen LogP contribution in [0.15, 0.2) is 0 Å². The Balaban J connectivity index is 2.63. The van der Waals surface area contributed by atoms with Crippen molar-refractivity contribution in [2.75, 3.05) is 13.6 Å². The first-order valence-electron chi connectivity index (χ1n) is 3.24. The number of aliphatic hydroxyl groups excluding tert-OH is 1. The van der Waals surface area contributed by atoms with E-state index in [2.05, 4.69) is 0 Å². The zero-order valence-electron chi connectivity index (χ0n) is 5.82. The van der Waals surface area contributed by atoms with Gasteiger partial charge in [0.1, 0.15) is 6.04 Å². The van der Waals surface area contributed by atoms with Gasteiger partial charge in [0.25, 0.3) is 0 Å². The summed E-state index contributed by atoms with van der Waals surface area (Å²) in [6, 6.07) is -0.694. The van der Waals surface area contributed by atoms with E-state index in [1.54, 1.807) is 11.9 Å². The number of carbonyl (C=O) groups is 1. The molecule has 2 N–H and O–H groups in total. The lowest BCUT2D eigenvalue weighted by atomic mass is 10.2. The van der Waals surface area contributed by atoms with E-state index in [0.29, 0.717) is 13.0 Å². The number of carboxylic acid groups (broad SMARTS) is 1. The molecular formula is C6H11NO3. The lowest BCUT2D eigenvalue weighted by Crippen LogP contribution is -2.39. The maximum atomic E-state index is 10.4. The van der Waals surface area contributed by atoms with Gasteiger partial charge in [0.2, 0.25) is 0 Å². The number of hydrogen-bond acceptors (Lipinski definition) is 3. The maximum Gasteiger partial charge on any atom is 0.323 e. The van der Waals surface area contributed by atoms with Crippen molar-refractivity contribution < 1.29 is 15.0 Å². The van der Waals surface area contributed by atoms with Gasteiger partial charge < -0.3 is 10.2 Å². The van der Waals surface area contributed by atoms with Crippen molar-refractivity contribution in [1.82, 2.24) is 4.90 Å². The average Bonchev–Trinajstić information content (AvgIpc) is 2.11. The first-order chi connectivity index (χ1) is 4.63. The van der Waals surface area contributed by atoms with Crippen LogP contribution in [0.1, 0.15) is 6.42 Å². The topological polar surface area (TPSA) is 60.8 Å². The monoisotopic (exact) mass is 145 g/mol. The van der Waals surface area contributed by atoms with Crippen molar-refractivity contribution in [3.63, 3.8) is 0 Å². The largest absolute Gasteiger partial charge is 0.480 e. The summed E-state index contributed by atoms with van der Waals surface area (Å²) in [6.07, 6.45) is -0.129. The molecule has 1 aliphatic rings. The van der Waals surface area contributed by atoms with Crippen molar-refractivity contribution in [2.24, 2.45) is 0 Å². The van der Waals surface area contributed by atoms with E-state index in [9.17, 15) is 4.79 Å². The highest BCUT2D eigenvalue weighted by atomic mass is 16.4. The number of likely N-dealkylation sites (N-methyl/N-ethyl adjacent to an activating group) is 1. The van der Waals surface area contributed by atoms with Gasteiger partial charge in [-0.3, -0.25) is 9.69 Å². The van der Waals surface area contributed by atoms with Crippen LogP contribution in [-0.2, 0) is 4.79 Å². The minimum absolute atomic E-state index is 0.563. The first kappa shape index (κ1) is 7.50. The third-order valence-electron chi connectivity index (χ3n) is 1.87. The van der Waals surface area contributed by atoms with E-state index in [1.165, 1.54) is 0 Å². The Bertz CT molecular complexity index is 138. The second-order valence-electron chi connectivity index (χ2n) is 2.62. The molecule has 0 aliphatic carbocycles. The van der Waals surface area contributed by atoms with Crippen molar-refractivity contribution in [3.8, 4) is 0 Å². The summed E-state index contributed by atoms with van der Waals surface area (Å²) >= 11 is 0. The summed E-state index contributed by atoms with van der Waals surface area (Å²) < 4.78 is 0. The van der Waals surface area contributed by atoms with E-state index in [4.69, 9.17) is 10.2 Å². The maximum absolute atomic E-state index is 10.4.